The minimum Gasteiger partial charge on any atom is -0.481 e. The third-order valence-corrected chi connectivity index (χ3v) is 8.63. The summed E-state index contributed by atoms with van der Waals surface area (Å²) in [5.41, 5.74) is 3.87. The number of anilines is 2. The molecule has 1 saturated carbocycles. The molecule has 0 amide bonds. The van der Waals surface area contributed by atoms with Gasteiger partial charge in [-0.15, -0.1) is 0 Å². The Balaban J connectivity index is 1.42. The van der Waals surface area contributed by atoms with E-state index < -0.39 is 17.7 Å². The smallest absolute Gasteiger partial charge is 0.308 e. The number of aliphatic carboxylic acids is 1. The summed E-state index contributed by atoms with van der Waals surface area (Å²) in [5.74, 6) is -0.570. The molecule has 4 aromatic rings. The molecule has 2 aliphatic rings. The molecule has 1 aromatic carbocycles. The number of morpholine rings is 1. The molecule has 1 aliphatic carbocycles. The van der Waals surface area contributed by atoms with E-state index in [0.29, 0.717) is 47.1 Å². The number of hydrogen-bond donors (Lipinski definition) is 3. The lowest BCUT2D eigenvalue weighted by Crippen LogP contribution is -2.47. The van der Waals surface area contributed by atoms with Crippen molar-refractivity contribution >= 4 is 28.5 Å². The molecule has 1 saturated heterocycles. The molecule has 4 unspecified atom stereocenters. The molecule has 2 fully saturated rings. The molecule has 1 aliphatic heterocycles. The van der Waals surface area contributed by atoms with E-state index in [-0.39, 0.29) is 17.9 Å². The summed E-state index contributed by atoms with van der Waals surface area (Å²) in [6.45, 7) is 7.23. The lowest BCUT2D eigenvalue weighted by atomic mass is 9.70. The zero-order valence-electron chi connectivity index (χ0n) is 23.3. The van der Waals surface area contributed by atoms with Gasteiger partial charge in [-0.1, -0.05) is 32.4 Å². The zero-order valence-corrected chi connectivity index (χ0v) is 23.3. The second kappa shape index (κ2) is 11.4. The number of ether oxygens (including phenoxy) is 1. The maximum Gasteiger partial charge on any atom is 0.308 e. The molecule has 3 aromatic heterocycles. The van der Waals surface area contributed by atoms with Gasteiger partial charge in [-0.3, -0.25) is 4.79 Å². The van der Waals surface area contributed by atoms with E-state index in [2.05, 4.69) is 39.2 Å². The van der Waals surface area contributed by atoms with Crippen LogP contribution >= 0.6 is 0 Å². The Morgan fingerprint density at radius 2 is 1.95 bits per heavy atom. The van der Waals surface area contributed by atoms with Gasteiger partial charge in [-0.05, 0) is 42.9 Å². The van der Waals surface area contributed by atoms with Crippen molar-refractivity contribution in [2.24, 2.45) is 17.8 Å². The third-order valence-electron chi connectivity index (χ3n) is 8.63. The average molecular weight is 559 g/mol. The second-order valence-electron chi connectivity index (χ2n) is 11.1. The highest BCUT2D eigenvalue weighted by atomic mass is 19.1. The van der Waals surface area contributed by atoms with Crippen LogP contribution in [-0.4, -0.2) is 63.4 Å². The first-order chi connectivity index (χ1) is 19.9. The third kappa shape index (κ3) is 5.48. The van der Waals surface area contributed by atoms with E-state index in [0.717, 1.165) is 43.6 Å². The summed E-state index contributed by atoms with van der Waals surface area (Å²) in [7, 11) is 0. The molecular weight excluding hydrogens is 523 g/mol. The van der Waals surface area contributed by atoms with E-state index in [1.54, 1.807) is 6.20 Å². The standard InChI is InChI=1S/C31H35FN6O3/c1-3-19-5-4-18(2)27(31(39)40)28(19)36-26-15-25(20-6-8-22(9-7-20)38-10-12-41-13-11-38)35-30(37-26)24-17-34-29-23(24)14-21(32)16-33-29/h6-9,14-19,27-28H,3-5,10-13H2,1-2H3,(H,33,34)(H,39,40)(H,35,36,37). The molecule has 0 bridgehead atoms. The fourth-order valence-corrected chi connectivity index (χ4v) is 6.33. The predicted molar refractivity (Wildman–Crippen MR) is 156 cm³/mol. The summed E-state index contributed by atoms with van der Waals surface area (Å²) in [6.07, 6.45) is 5.62. The van der Waals surface area contributed by atoms with E-state index in [9.17, 15) is 14.3 Å². The topological polar surface area (TPSA) is 116 Å². The van der Waals surface area contributed by atoms with Crippen molar-refractivity contribution in [1.29, 1.82) is 0 Å². The Hall–Kier alpha value is -4.05. The minimum atomic E-state index is -0.792. The Morgan fingerprint density at radius 3 is 2.68 bits per heavy atom. The van der Waals surface area contributed by atoms with Crippen LogP contribution in [0, 0.1) is 23.6 Å². The maximum atomic E-state index is 14.2. The van der Waals surface area contributed by atoms with Gasteiger partial charge in [0.25, 0.3) is 0 Å². The molecule has 9 nitrogen and oxygen atoms in total. The van der Waals surface area contributed by atoms with Crippen molar-refractivity contribution in [3.8, 4) is 22.6 Å². The summed E-state index contributed by atoms with van der Waals surface area (Å²) in [4.78, 5) is 31.7. The number of hydrogen-bond acceptors (Lipinski definition) is 7. The predicted octanol–water partition coefficient (Wildman–Crippen LogP) is 5.60. The monoisotopic (exact) mass is 558 g/mol. The number of fused-ring (bicyclic) bond motifs is 1. The first-order valence-corrected chi connectivity index (χ1v) is 14.4. The van der Waals surface area contributed by atoms with E-state index >= 15 is 0 Å². The minimum absolute atomic E-state index is 0.0453. The molecule has 3 N–H and O–H groups in total. The number of halogens is 1. The number of nitrogens with one attached hydrogen (secondary N) is 2. The number of carbonyl (C=O) groups is 1. The number of pyridine rings is 1. The maximum absolute atomic E-state index is 14.2. The van der Waals surface area contributed by atoms with Gasteiger partial charge in [-0.2, -0.15) is 0 Å². The van der Waals surface area contributed by atoms with Crippen molar-refractivity contribution in [3.05, 3.63) is 54.6 Å². The Kier molecular flexibility index (Phi) is 7.57. The van der Waals surface area contributed by atoms with Gasteiger partial charge in [0, 0.05) is 53.6 Å². The number of H-pyrrole nitrogens is 1. The number of benzene rings is 1. The molecule has 6 rings (SSSR count). The van der Waals surface area contributed by atoms with Gasteiger partial charge in [0.1, 0.15) is 17.3 Å². The number of carboxylic acid groups (broad SMARTS) is 1. The van der Waals surface area contributed by atoms with Crippen LogP contribution in [-0.2, 0) is 9.53 Å². The van der Waals surface area contributed by atoms with Gasteiger partial charge in [0.2, 0.25) is 0 Å². The van der Waals surface area contributed by atoms with Gasteiger partial charge in [-0.25, -0.2) is 19.3 Å². The summed E-state index contributed by atoms with van der Waals surface area (Å²) in [6, 6.07) is 11.3. The van der Waals surface area contributed by atoms with Crippen LogP contribution in [0.25, 0.3) is 33.7 Å². The highest BCUT2D eigenvalue weighted by Gasteiger charge is 2.41. The van der Waals surface area contributed by atoms with Crippen molar-refractivity contribution in [3.63, 3.8) is 0 Å². The molecule has 0 spiro atoms. The first kappa shape index (κ1) is 27.1. The molecule has 4 atom stereocenters. The summed E-state index contributed by atoms with van der Waals surface area (Å²) in [5, 5.41) is 14.3. The van der Waals surface area contributed by atoms with Crippen molar-refractivity contribution in [2.45, 2.75) is 39.2 Å². The molecule has 4 heterocycles. The number of aromatic amines is 1. The van der Waals surface area contributed by atoms with Gasteiger partial charge in [0.15, 0.2) is 5.82 Å². The highest BCUT2D eigenvalue weighted by molar-refractivity contribution is 5.92. The van der Waals surface area contributed by atoms with Crippen LogP contribution in [0.5, 0.6) is 0 Å². The molecular formula is C31H35FN6O3. The van der Waals surface area contributed by atoms with E-state index in [1.807, 2.05) is 25.1 Å². The van der Waals surface area contributed by atoms with E-state index in [1.165, 1.54) is 12.3 Å². The number of nitrogens with zero attached hydrogens (tertiary/aromatic N) is 4. The summed E-state index contributed by atoms with van der Waals surface area (Å²) >= 11 is 0. The van der Waals surface area contributed by atoms with Gasteiger partial charge in [0.05, 0.1) is 31.0 Å². The SMILES string of the molecule is CCC1CCC(C)C(C(=O)O)C1Nc1cc(-c2ccc(N3CCOCC3)cc2)nc(-c2c[nH]c3ncc(F)cc23)n1. The van der Waals surface area contributed by atoms with Crippen molar-refractivity contribution in [2.75, 3.05) is 36.5 Å². The second-order valence-corrected chi connectivity index (χ2v) is 11.1. The van der Waals surface area contributed by atoms with Gasteiger partial charge < -0.3 is 25.0 Å². The first-order valence-electron chi connectivity index (χ1n) is 14.4. The Labute approximate surface area is 238 Å². The van der Waals surface area contributed by atoms with Crippen LogP contribution in [0.15, 0.2) is 48.8 Å². The largest absolute Gasteiger partial charge is 0.481 e. The number of carboxylic acids is 1. The van der Waals surface area contributed by atoms with Crippen molar-refractivity contribution < 1.29 is 19.0 Å². The van der Waals surface area contributed by atoms with Crippen LogP contribution in [0.3, 0.4) is 0 Å². The fourth-order valence-electron chi connectivity index (χ4n) is 6.33. The number of rotatable bonds is 7. The molecule has 10 heteroatoms. The lowest BCUT2D eigenvalue weighted by molar-refractivity contribution is -0.145. The quantitative estimate of drug-likeness (QED) is 0.268. The lowest BCUT2D eigenvalue weighted by Gasteiger charge is -2.40. The Bertz CT molecular complexity index is 1530. The Morgan fingerprint density at radius 1 is 1.17 bits per heavy atom. The summed E-state index contributed by atoms with van der Waals surface area (Å²) < 4.78 is 19.7. The van der Waals surface area contributed by atoms with Crippen LogP contribution < -0.4 is 10.2 Å². The molecule has 214 valence electrons. The highest BCUT2D eigenvalue weighted by Crippen LogP contribution is 2.38. The van der Waals surface area contributed by atoms with Gasteiger partial charge >= 0.3 is 5.97 Å². The number of aromatic nitrogens is 4. The van der Waals surface area contributed by atoms with Crippen LogP contribution in [0.2, 0.25) is 0 Å². The van der Waals surface area contributed by atoms with Crippen LogP contribution in [0.4, 0.5) is 15.9 Å². The van der Waals surface area contributed by atoms with E-state index in [4.69, 9.17) is 14.7 Å². The van der Waals surface area contributed by atoms with Crippen molar-refractivity contribution in [1.82, 2.24) is 19.9 Å². The molecule has 0 radical (unpaired) electrons. The normalized spacial score (nSPS) is 23.0. The average Bonchev–Trinajstić information content (AvgIpc) is 3.41. The molecule has 41 heavy (non-hydrogen) atoms. The fraction of sp³-hybridized carbons (Fsp3) is 0.419. The van der Waals surface area contributed by atoms with Crippen LogP contribution in [0.1, 0.15) is 33.1 Å². The zero-order chi connectivity index (χ0) is 28.5.